The van der Waals surface area contributed by atoms with E-state index < -0.39 is 5.91 Å². The summed E-state index contributed by atoms with van der Waals surface area (Å²) < 4.78 is 5.62. The van der Waals surface area contributed by atoms with Crippen molar-refractivity contribution in [1.82, 2.24) is 4.98 Å². The zero-order valence-electron chi connectivity index (χ0n) is 10.7. The van der Waals surface area contributed by atoms with Crippen LogP contribution >= 0.6 is 0 Å². The number of aliphatic hydroxyl groups excluding tert-OH is 1. The fourth-order valence-corrected chi connectivity index (χ4v) is 1.76. The van der Waals surface area contributed by atoms with Gasteiger partial charge in [0, 0.05) is 12.7 Å². The van der Waals surface area contributed by atoms with Gasteiger partial charge in [-0.3, -0.25) is 4.79 Å². The number of aliphatic hydroxyl groups is 1. The molecular weight excluding hydrogens is 258 g/mol. The van der Waals surface area contributed by atoms with Crippen molar-refractivity contribution in [3.63, 3.8) is 0 Å². The lowest BCUT2D eigenvalue weighted by molar-refractivity contribution is 0.100. The number of nitrogen functional groups attached to an aromatic ring is 1. The molecule has 104 valence electrons. The average molecular weight is 273 g/mol. The molecule has 1 heterocycles. The maximum Gasteiger partial charge on any atom is 0.251 e. The number of para-hydroxylation sites is 1. The summed E-state index contributed by atoms with van der Waals surface area (Å²) in [6, 6.07) is 8.66. The third-order valence-electron chi connectivity index (χ3n) is 2.74. The van der Waals surface area contributed by atoms with Gasteiger partial charge >= 0.3 is 0 Å². The fourth-order valence-electron chi connectivity index (χ4n) is 1.76. The maximum atomic E-state index is 11.2. The van der Waals surface area contributed by atoms with Gasteiger partial charge in [0.1, 0.15) is 5.75 Å². The lowest BCUT2D eigenvalue weighted by Gasteiger charge is -2.10. The van der Waals surface area contributed by atoms with Gasteiger partial charge in [0.25, 0.3) is 5.91 Å². The van der Waals surface area contributed by atoms with E-state index in [9.17, 15) is 4.79 Å². The van der Waals surface area contributed by atoms with E-state index in [1.54, 1.807) is 6.07 Å². The number of carbonyl (C=O) groups is 1. The highest BCUT2D eigenvalue weighted by atomic mass is 16.5. The fraction of sp³-hybridized carbons (Fsp3) is 0.143. The SMILES string of the molecule is NC(=O)c1cc(Oc2ccccc2CCO)ncc1N. The highest BCUT2D eigenvalue weighted by molar-refractivity contribution is 5.98. The van der Waals surface area contributed by atoms with Crippen molar-refractivity contribution in [2.24, 2.45) is 5.73 Å². The molecule has 6 nitrogen and oxygen atoms in total. The molecule has 2 aromatic rings. The van der Waals surface area contributed by atoms with Crippen LogP contribution in [-0.4, -0.2) is 22.6 Å². The second-order valence-corrected chi connectivity index (χ2v) is 4.16. The molecule has 1 amide bonds. The van der Waals surface area contributed by atoms with Crippen molar-refractivity contribution < 1.29 is 14.6 Å². The Labute approximate surface area is 116 Å². The molecular formula is C14H15N3O3. The molecule has 6 heteroatoms. The summed E-state index contributed by atoms with van der Waals surface area (Å²) in [6.45, 7) is 0.0159. The molecule has 1 aromatic carbocycles. The third-order valence-corrected chi connectivity index (χ3v) is 2.74. The van der Waals surface area contributed by atoms with Crippen molar-refractivity contribution in [2.75, 3.05) is 12.3 Å². The van der Waals surface area contributed by atoms with Crippen molar-refractivity contribution in [3.8, 4) is 11.6 Å². The number of ether oxygens (including phenoxy) is 1. The molecule has 0 fully saturated rings. The molecule has 0 radical (unpaired) electrons. The van der Waals surface area contributed by atoms with Gasteiger partial charge in [-0.1, -0.05) is 18.2 Å². The number of anilines is 1. The van der Waals surface area contributed by atoms with Crippen LogP contribution in [0.1, 0.15) is 15.9 Å². The number of rotatable bonds is 5. The molecule has 0 aliphatic carbocycles. The van der Waals surface area contributed by atoms with Crippen LogP contribution in [0.25, 0.3) is 0 Å². The number of aromatic nitrogens is 1. The predicted octanol–water partition coefficient (Wildman–Crippen LogP) is 1.09. The van der Waals surface area contributed by atoms with Gasteiger partial charge in [-0.25, -0.2) is 4.98 Å². The number of nitrogens with two attached hydrogens (primary N) is 2. The van der Waals surface area contributed by atoms with Gasteiger partial charge in [-0.2, -0.15) is 0 Å². The van der Waals surface area contributed by atoms with E-state index in [0.717, 1.165) is 5.56 Å². The van der Waals surface area contributed by atoms with Crippen LogP contribution in [-0.2, 0) is 6.42 Å². The van der Waals surface area contributed by atoms with E-state index in [1.165, 1.54) is 12.3 Å². The number of carbonyl (C=O) groups excluding carboxylic acids is 1. The number of primary amides is 1. The van der Waals surface area contributed by atoms with E-state index >= 15 is 0 Å². The lowest BCUT2D eigenvalue weighted by Crippen LogP contribution is -2.14. The molecule has 0 saturated carbocycles. The summed E-state index contributed by atoms with van der Waals surface area (Å²) in [5, 5.41) is 9.01. The van der Waals surface area contributed by atoms with Crippen molar-refractivity contribution in [1.29, 1.82) is 0 Å². The van der Waals surface area contributed by atoms with E-state index in [2.05, 4.69) is 4.98 Å². The first-order valence-electron chi connectivity index (χ1n) is 6.03. The molecule has 20 heavy (non-hydrogen) atoms. The van der Waals surface area contributed by atoms with Gasteiger partial charge in [0.15, 0.2) is 0 Å². The first-order valence-corrected chi connectivity index (χ1v) is 6.03. The summed E-state index contributed by atoms with van der Waals surface area (Å²) in [4.78, 5) is 15.2. The smallest absolute Gasteiger partial charge is 0.251 e. The zero-order valence-corrected chi connectivity index (χ0v) is 10.7. The molecule has 0 spiro atoms. The highest BCUT2D eigenvalue weighted by Crippen LogP contribution is 2.26. The predicted molar refractivity (Wildman–Crippen MR) is 74.5 cm³/mol. The first-order chi connectivity index (χ1) is 9.61. The second kappa shape index (κ2) is 6.03. The van der Waals surface area contributed by atoms with E-state index in [-0.39, 0.29) is 23.7 Å². The van der Waals surface area contributed by atoms with Crippen LogP contribution in [0.5, 0.6) is 11.6 Å². The van der Waals surface area contributed by atoms with Crippen LogP contribution in [0, 0.1) is 0 Å². The Hall–Kier alpha value is -2.60. The molecule has 0 atom stereocenters. The first kappa shape index (κ1) is 13.8. The number of hydrogen-bond acceptors (Lipinski definition) is 5. The molecule has 5 N–H and O–H groups in total. The Morgan fingerprint density at radius 3 is 2.80 bits per heavy atom. The van der Waals surface area contributed by atoms with E-state index in [0.29, 0.717) is 12.2 Å². The Kier molecular flexibility index (Phi) is 4.17. The van der Waals surface area contributed by atoms with Crippen molar-refractivity contribution in [2.45, 2.75) is 6.42 Å². The minimum Gasteiger partial charge on any atom is -0.439 e. The number of pyridine rings is 1. The third kappa shape index (κ3) is 3.04. The minimum atomic E-state index is -0.640. The van der Waals surface area contributed by atoms with Gasteiger partial charge < -0.3 is 21.3 Å². The Balaban J connectivity index is 2.31. The summed E-state index contributed by atoms with van der Waals surface area (Å²) in [6.07, 6.45) is 1.79. The Bertz CT molecular complexity index is 629. The van der Waals surface area contributed by atoms with Crippen molar-refractivity contribution in [3.05, 3.63) is 47.7 Å². The average Bonchev–Trinajstić information content (AvgIpc) is 2.43. The highest BCUT2D eigenvalue weighted by Gasteiger charge is 2.10. The molecule has 2 rings (SSSR count). The molecule has 0 saturated heterocycles. The molecule has 0 unspecified atom stereocenters. The number of nitrogens with zero attached hydrogens (tertiary/aromatic N) is 1. The van der Waals surface area contributed by atoms with Crippen LogP contribution in [0.4, 0.5) is 5.69 Å². The largest absolute Gasteiger partial charge is 0.439 e. The van der Waals surface area contributed by atoms with Crippen LogP contribution in [0.3, 0.4) is 0 Å². The number of hydrogen-bond donors (Lipinski definition) is 3. The number of amides is 1. The number of benzene rings is 1. The Morgan fingerprint density at radius 2 is 2.10 bits per heavy atom. The summed E-state index contributed by atoms with van der Waals surface area (Å²) in [7, 11) is 0. The zero-order chi connectivity index (χ0) is 14.5. The van der Waals surface area contributed by atoms with Crippen LogP contribution in [0.2, 0.25) is 0 Å². The normalized spacial score (nSPS) is 10.2. The lowest BCUT2D eigenvalue weighted by atomic mass is 10.1. The molecule has 0 aliphatic heterocycles. The molecule has 1 aromatic heterocycles. The van der Waals surface area contributed by atoms with Gasteiger partial charge in [-0.05, 0) is 18.1 Å². The molecule has 0 bridgehead atoms. The minimum absolute atomic E-state index is 0.0159. The standard InChI is InChI=1S/C14H15N3O3/c15-11-8-17-13(7-10(11)14(16)19)20-12-4-2-1-3-9(12)5-6-18/h1-4,7-8,18H,5-6,15H2,(H2,16,19). The molecule has 0 aliphatic rings. The summed E-state index contributed by atoms with van der Waals surface area (Å²) in [5.41, 5.74) is 12.0. The van der Waals surface area contributed by atoms with Crippen LogP contribution in [0.15, 0.2) is 36.5 Å². The van der Waals surface area contributed by atoms with Gasteiger partial charge in [0.2, 0.25) is 5.88 Å². The quantitative estimate of drug-likeness (QED) is 0.755. The van der Waals surface area contributed by atoms with E-state index in [4.69, 9.17) is 21.3 Å². The summed E-state index contributed by atoms with van der Waals surface area (Å²) in [5.74, 6) is 0.144. The van der Waals surface area contributed by atoms with Gasteiger partial charge in [0.05, 0.1) is 17.4 Å². The van der Waals surface area contributed by atoms with E-state index in [1.807, 2.05) is 18.2 Å². The second-order valence-electron chi connectivity index (χ2n) is 4.16. The van der Waals surface area contributed by atoms with Crippen molar-refractivity contribution >= 4 is 11.6 Å². The monoisotopic (exact) mass is 273 g/mol. The summed E-state index contributed by atoms with van der Waals surface area (Å²) >= 11 is 0. The Morgan fingerprint density at radius 1 is 1.35 bits per heavy atom. The maximum absolute atomic E-state index is 11.2. The van der Waals surface area contributed by atoms with Gasteiger partial charge in [-0.15, -0.1) is 0 Å². The van der Waals surface area contributed by atoms with Crippen LogP contribution < -0.4 is 16.2 Å². The topological polar surface area (TPSA) is 111 Å².